The minimum Gasteiger partial charge on any atom is -0.383 e. The Hall–Kier alpha value is -7.78. The highest BCUT2D eigenvalue weighted by molar-refractivity contribution is 8.24. The van der Waals surface area contributed by atoms with Gasteiger partial charge >= 0.3 is 5.20 Å². The number of nitrogens with zero attached hydrogens (tertiary/aromatic N) is 9. The first kappa shape index (κ1) is 54.6. The Morgan fingerprint density at radius 3 is 1.74 bits per heavy atom. The predicted molar refractivity (Wildman–Crippen MR) is 261 cm³/mol. The Kier molecular flexibility index (Phi) is 23.3. The summed E-state index contributed by atoms with van der Waals surface area (Å²) in [5.41, 5.74) is 15.7. The van der Waals surface area contributed by atoms with Crippen molar-refractivity contribution in [1.29, 1.82) is 15.8 Å². The highest BCUT2D eigenvalue weighted by atomic mass is 36.0. The smallest absolute Gasteiger partial charge is 0.339 e. The molecule has 68 heavy (non-hydrogen) atoms. The van der Waals surface area contributed by atoms with Crippen molar-refractivity contribution in [3.63, 3.8) is 0 Å². The van der Waals surface area contributed by atoms with Crippen molar-refractivity contribution in [2.24, 2.45) is 21.6 Å². The van der Waals surface area contributed by atoms with Crippen LogP contribution in [-0.2, 0) is 25.5 Å². The Bertz CT molecular complexity index is 2950. The second kappa shape index (κ2) is 29.0. The van der Waals surface area contributed by atoms with Crippen LogP contribution in [0, 0.1) is 34.0 Å². The zero-order valence-corrected chi connectivity index (χ0v) is 39.1. The summed E-state index contributed by atoms with van der Waals surface area (Å²) < 4.78 is 9.51. The number of aldehydes is 1. The fourth-order valence-corrected chi connectivity index (χ4v) is 5.66. The van der Waals surface area contributed by atoms with Crippen LogP contribution in [0.3, 0.4) is 0 Å². The van der Waals surface area contributed by atoms with Crippen molar-refractivity contribution >= 4 is 91.9 Å². The number of nitrogens with one attached hydrogen (secondary N) is 1. The van der Waals surface area contributed by atoms with Crippen LogP contribution in [0.2, 0.25) is 5.15 Å². The number of ketones is 2. The molecule has 6 aromatic rings. The fourth-order valence-electron chi connectivity index (χ4n) is 5.47. The Morgan fingerprint density at radius 2 is 1.25 bits per heavy atom. The number of amides is 1. The van der Waals surface area contributed by atoms with E-state index in [-0.39, 0.29) is 29.5 Å². The average Bonchev–Trinajstić information content (AvgIpc) is 3.75. The normalized spacial score (nSPS) is 11.5. The molecule has 8 rings (SSSR count). The van der Waals surface area contributed by atoms with E-state index in [1.54, 1.807) is 60.4 Å². The molecule has 0 aliphatic carbocycles. The molecular weight excluding hydrogens is 973 g/mol. The Balaban J connectivity index is 0.000000225. The fraction of sp³-hybridized carbons (Fsp3) is 0.0652. The van der Waals surface area contributed by atoms with Gasteiger partial charge in [0, 0.05) is 28.5 Å². The summed E-state index contributed by atoms with van der Waals surface area (Å²) in [4.78, 5) is 50.1. The van der Waals surface area contributed by atoms with Crippen molar-refractivity contribution in [2.75, 3.05) is 6.54 Å². The highest BCUT2D eigenvalue weighted by Crippen LogP contribution is 2.61. The first-order valence-corrected chi connectivity index (χ1v) is 24.0. The quantitative estimate of drug-likeness (QED) is 0.0268. The van der Waals surface area contributed by atoms with E-state index in [4.69, 9.17) is 33.1 Å². The number of hydrogen-bond donors (Lipinski definition) is 3. The van der Waals surface area contributed by atoms with Crippen LogP contribution in [0.25, 0.3) is 27.8 Å². The van der Waals surface area contributed by atoms with E-state index in [1.165, 1.54) is 0 Å². The van der Waals surface area contributed by atoms with Crippen LogP contribution in [0.4, 0.5) is 0 Å². The van der Waals surface area contributed by atoms with Gasteiger partial charge in [-0.1, -0.05) is 133 Å². The molecule has 2 aliphatic rings. The number of fused-ring (bicyclic) bond motifs is 1. The van der Waals surface area contributed by atoms with E-state index in [2.05, 4.69) is 69.9 Å². The second-order valence-corrected chi connectivity index (χ2v) is 19.9. The number of nitriles is 3. The van der Waals surface area contributed by atoms with Crippen LogP contribution in [-0.4, -0.2) is 62.7 Å². The SMILES string of the molecule is N#CC1=C(c2ccccc2)C=NCC1=O.N#CCC(=O)NN.N#Cc1c(-c2ccccc2)cnnc1Cl.NC1=NCc2nncc(-c3ccccc3)c21.O=CC(=O)c1ccccc1.O=P(Cl)(Cl)Cl. The highest BCUT2D eigenvalue weighted by Gasteiger charge is 2.20. The molecule has 342 valence electrons. The predicted octanol–water partition coefficient (Wildman–Crippen LogP) is 8.42. The zero-order chi connectivity index (χ0) is 49.9. The third-order valence-corrected chi connectivity index (χ3v) is 8.70. The molecule has 2 aliphatic heterocycles. The van der Waals surface area contributed by atoms with Crippen molar-refractivity contribution in [1.82, 2.24) is 25.8 Å². The van der Waals surface area contributed by atoms with Crippen molar-refractivity contribution in [3.05, 3.63) is 172 Å². The van der Waals surface area contributed by atoms with Crippen LogP contribution in [0.15, 0.2) is 149 Å². The summed E-state index contributed by atoms with van der Waals surface area (Å²) >= 11 is 19.6. The van der Waals surface area contributed by atoms with Gasteiger partial charge in [-0.2, -0.15) is 31.1 Å². The lowest BCUT2D eigenvalue weighted by atomic mass is 9.97. The first-order chi connectivity index (χ1) is 32.7. The van der Waals surface area contributed by atoms with Gasteiger partial charge in [0.2, 0.25) is 11.7 Å². The number of Topliss-reactive ketones (excluding diaryl/α,β-unsaturated/α-hetero) is 2. The molecule has 0 bridgehead atoms. The minimum absolute atomic E-state index is 0.0826. The largest absolute Gasteiger partial charge is 0.383 e. The number of hydrogen-bond acceptors (Lipinski definition) is 16. The number of carbonyl (C=O) groups excluding carboxylic acids is 4. The number of nitrogens with two attached hydrogens (primary N) is 2. The van der Waals surface area contributed by atoms with Gasteiger partial charge in [0.05, 0.1) is 36.3 Å². The van der Waals surface area contributed by atoms with E-state index < -0.39 is 16.9 Å². The molecule has 0 radical (unpaired) electrons. The summed E-state index contributed by atoms with van der Waals surface area (Å²) in [6.45, 7) is 0.619. The maximum Gasteiger partial charge on any atom is 0.339 e. The van der Waals surface area contributed by atoms with Gasteiger partial charge in [-0.15, -0.1) is 5.10 Å². The summed E-state index contributed by atoms with van der Waals surface area (Å²) in [6.07, 6.45) is 5.02. The van der Waals surface area contributed by atoms with Gasteiger partial charge in [0.15, 0.2) is 17.2 Å². The van der Waals surface area contributed by atoms with Gasteiger partial charge in [0.1, 0.15) is 42.1 Å². The number of rotatable bonds is 6. The van der Waals surface area contributed by atoms with Crippen LogP contribution >= 0.6 is 50.5 Å². The molecule has 0 fully saturated rings. The topological polar surface area (TPSA) is 297 Å². The molecule has 0 atom stereocenters. The number of aromatic nitrogens is 4. The standard InChI is InChI=1S/C12H10N4.C12H8N2O.C11H6ClN3.C8H6O2.C3H5N3O.Cl3OP/c13-12-11-9(8-4-2-1-3-5-8)6-15-16-10(11)7-14-12;13-6-10-11(7-14-8-12(10)15)9-4-2-1-3-5-9;12-11-9(6-13)10(7-14-15-11)8-4-2-1-3-5-8;9-6-8(10)7-4-2-1-3-5-7;4-2-1-3(7)6-5;1-5(2,3)4/h1-6H,7H2,(H2,13,14);1-5,7H,8H2;1-5,7H;1-6H;1,5H2,(H,6,7);. The van der Waals surface area contributed by atoms with Crippen LogP contribution < -0.4 is 17.0 Å². The number of hydrazine groups is 1. The third-order valence-electron chi connectivity index (χ3n) is 8.43. The number of amidine groups is 1. The van der Waals surface area contributed by atoms with Crippen LogP contribution in [0.1, 0.15) is 39.2 Å². The summed E-state index contributed by atoms with van der Waals surface area (Å²) in [5.74, 6) is 4.03. The molecule has 0 saturated heterocycles. The third kappa shape index (κ3) is 18.2. The van der Waals surface area contributed by atoms with Gasteiger partial charge < -0.3 is 5.73 Å². The minimum atomic E-state index is -3.22. The molecule has 0 saturated carbocycles. The molecule has 22 heteroatoms. The Morgan fingerprint density at radius 1 is 0.750 bits per heavy atom. The zero-order valence-electron chi connectivity index (χ0n) is 35.2. The molecule has 4 heterocycles. The average molecular weight is 1010 g/mol. The van der Waals surface area contributed by atoms with E-state index in [1.807, 2.05) is 103 Å². The number of aliphatic imine (C=N–C) groups is 2. The lowest BCUT2D eigenvalue weighted by Gasteiger charge is -2.08. The number of carbonyl (C=O) groups is 4. The van der Waals surface area contributed by atoms with Crippen molar-refractivity contribution in [2.45, 2.75) is 13.0 Å². The van der Waals surface area contributed by atoms with Gasteiger partial charge in [0.25, 0.3) is 0 Å². The van der Waals surface area contributed by atoms with E-state index >= 15 is 0 Å². The monoisotopic (exact) mass is 1010 g/mol. The molecule has 17 nitrogen and oxygen atoms in total. The van der Waals surface area contributed by atoms with Crippen molar-refractivity contribution < 1.29 is 23.7 Å². The lowest BCUT2D eigenvalue weighted by molar-refractivity contribution is -0.120. The lowest BCUT2D eigenvalue weighted by Crippen LogP contribution is -2.29. The van der Waals surface area contributed by atoms with Gasteiger partial charge in [-0.25, -0.2) is 5.84 Å². The van der Waals surface area contributed by atoms with Crippen LogP contribution in [0.5, 0.6) is 0 Å². The maximum absolute atomic E-state index is 11.4. The second-order valence-electron chi connectivity index (χ2n) is 12.9. The maximum atomic E-state index is 11.4. The van der Waals surface area contributed by atoms with E-state index in [0.29, 0.717) is 40.9 Å². The first-order valence-electron chi connectivity index (χ1n) is 19.2. The number of allylic oxidation sites excluding steroid dienone is 1. The van der Waals surface area contributed by atoms with Gasteiger partial charge in [-0.3, -0.25) is 39.2 Å². The summed E-state index contributed by atoms with van der Waals surface area (Å²) in [6, 6.07) is 42.9. The molecule has 0 spiro atoms. The molecule has 1 amide bonds. The molecular formula is C46H35Cl4N12O5P. The summed E-state index contributed by atoms with van der Waals surface area (Å²) in [5, 5.41) is 38.0. The number of dihydropyridines is 1. The number of benzene rings is 4. The molecule has 4 aromatic carbocycles. The van der Waals surface area contributed by atoms with E-state index in [9.17, 15) is 23.7 Å². The molecule has 5 N–H and O–H groups in total. The Labute approximate surface area is 409 Å². The van der Waals surface area contributed by atoms with E-state index in [0.717, 1.165) is 33.5 Å². The number of halogens is 4. The molecule has 2 aromatic heterocycles. The van der Waals surface area contributed by atoms with Crippen molar-refractivity contribution in [3.8, 4) is 40.5 Å². The van der Waals surface area contributed by atoms with Gasteiger partial charge in [-0.05, 0) is 50.4 Å². The summed E-state index contributed by atoms with van der Waals surface area (Å²) in [7, 11) is 0. The molecule has 0 unspecified atom stereocenters.